The Hall–Kier alpha value is -3.84. The van der Waals surface area contributed by atoms with Crippen molar-refractivity contribution in [2.24, 2.45) is 0 Å². The van der Waals surface area contributed by atoms with Gasteiger partial charge in [-0.15, -0.1) is 0 Å². The lowest BCUT2D eigenvalue weighted by Crippen LogP contribution is -2.53. The molecular weight excluding hydrogens is 627 g/mol. The molecule has 48 heavy (non-hydrogen) atoms. The molecule has 10 nitrogen and oxygen atoms in total. The van der Waals surface area contributed by atoms with Crippen LogP contribution in [-0.4, -0.2) is 113 Å². The minimum absolute atomic E-state index is 0.0737. The van der Waals surface area contributed by atoms with Crippen molar-refractivity contribution in [1.82, 2.24) is 19.6 Å². The number of aliphatic hydroxyl groups excluding tert-OH is 1. The fourth-order valence-electron chi connectivity index (χ4n) is 7.47. The van der Waals surface area contributed by atoms with E-state index >= 15 is 0 Å². The summed E-state index contributed by atoms with van der Waals surface area (Å²) in [6, 6.07) is 12.5. The highest BCUT2D eigenvalue weighted by Crippen LogP contribution is 2.31. The second kappa shape index (κ2) is 14.7. The van der Waals surface area contributed by atoms with Gasteiger partial charge in [0.25, 0.3) is 5.91 Å². The number of nitrogens with one attached hydrogen (secondary N) is 1. The highest BCUT2D eigenvalue weighted by atomic mass is 19.4. The minimum atomic E-state index is -4.55. The highest BCUT2D eigenvalue weighted by molar-refractivity contribution is 5.91. The number of hydrogen-bond acceptors (Lipinski definition) is 6. The number of anilines is 1. The Kier molecular flexibility index (Phi) is 10.4. The average molecular weight is 672 g/mol. The Morgan fingerprint density at radius 3 is 2.23 bits per heavy atom. The van der Waals surface area contributed by atoms with Gasteiger partial charge in [-0.05, 0) is 68.2 Å². The van der Waals surface area contributed by atoms with Crippen molar-refractivity contribution in [3.05, 3.63) is 65.2 Å². The second-order valence-corrected chi connectivity index (χ2v) is 13.3. The molecule has 0 radical (unpaired) electrons. The van der Waals surface area contributed by atoms with E-state index in [9.17, 15) is 32.7 Å². The van der Waals surface area contributed by atoms with E-state index in [1.54, 1.807) is 4.90 Å². The maximum Gasteiger partial charge on any atom is 0.416 e. The number of nitrogens with zero attached hydrogens (tertiary/aromatic N) is 4. The number of urea groups is 1. The van der Waals surface area contributed by atoms with Crippen LogP contribution in [0.3, 0.4) is 0 Å². The van der Waals surface area contributed by atoms with Gasteiger partial charge in [-0.3, -0.25) is 4.79 Å². The molecule has 4 aliphatic heterocycles. The Morgan fingerprint density at radius 2 is 1.52 bits per heavy atom. The molecule has 0 spiro atoms. The molecule has 2 aromatic carbocycles. The standard InChI is InChI=1S/C35H44F3N5O5/c36-35(37,38)26-6-3-4-24(22-26)23-31(32(45)41-15-9-27(10-16-41)40-19-13-29(44)14-20-40)48-34(47)42-17-11-28(12-18-42)43-21-8-25-5-1-2-7-30(25)39-33(43)46/h1-7,22,27-29,31,44H,8-21,23H2,(H,39,46)/t31-/m1/s1. The second-order valence-electron chi connectivity index (χ2n) is 13.3. The zero-order chi connectivity index (χ0) is 33.8. The monoisotopic (exact) mass is 671 g/mol. The highest BCUT2D eigenvalue weighted by Gasteiger charge is 2.37. The van der Waals surface area contributed by atoms with Gasteiger partial charge in [0.15, 0.2) is 6.10 Å². The summed E-state index contributed by atoms with van der Waals surface area (Å²) >= 11 is 0. The summed E-state index contributed by atoms with van der Waals surface area (Å²) in [5.74, 6) is -0.413. The zero-order valence-electron chi connectivity index (χ0n) is 27.0. The first-order valence-electron chi connectivity index (χ1n) is 17.0. The number of amides is 4. The third kappa shape index (κ3) is 8.06. The number of benzene rings is 2. The van der Waals surface area contributed by atoms with Gasteiger partial charge in [0.1, 0.15) is 0 Å². The molecule has 2 N–H and O–H groups in total. The Morgan fingerprint density at radius 1 is 0.854 bits per heavy atom. The first-order chi connectivity index (χ1) is 23.0. The lowest BCUT2D eigenvalue weighted by Gasteiger charge is -2.41. The number of carbonyl (C=O) groups is 3. The third-order valence-corrected chi connectivity index (χ3v) is 10.3. The maximum atomic E-state index is 13.9. The van der Waals surface area contributed by atoms with Crippen LogP contribution in [0.15, 0.2) is 48.5 Å². The molecule has 0 aromatic heterocycles. The quantitative estimate of drug-likeness (QED) is 0.459. The first kappa shape index (κ1) is 34.0. The van der Waals surface area contributed by atoms with Crippen molar-refractivity contribution in [2.75, 3.05) is 51.1 Å². The number of aliphatic hydroxyl groups is 1. The van der Waals surface area contributed by atoms with Gasteiger partial charge in [0.05, 0.1) is 11.7 Å². The predicted molar refractivity (Wildman–Crippen MR) is 172 cm³/mol. The van der Waals surface area contributed by atoms with Crippen LogP contribution in [0.25, 0.3) is 0 Å². The summed E-state index contributed by atoms with van der Waals surface area (Å²) < 4.78 is 46.3. The number of para-hydroxylation sites is 1. The predicted octanol–water partition coefficient (Wildman–Crippen LogP) is 4.76. The topological polar surface area (TPSA) is 106 Å². The van der Waals surface area contributed by atoms with Crippen molar-refractivity contribution in [1.29, 1.82) is 0 Å². The van der Waals surface area contributed by atoms with Crippen LogP contribution in [-0.2, 0) is 28.5 Å². The van der Waals surface area contributed by atoms with E-state index < -0.39 is 29.8 Å². The van der Waals surface area contributed by atoms with Gasteiger partial charge in [0, 0.05) is 70.0 Å². The molecule has 0 aliphatic carbocycles. The normalized spacial score (nSPS) is 21.3. The number of halogens is 3. The fraction of sp³-hybridized carbons (Fsp3) is 0.571. The van der Waals surface area contributed by atoms with Crippen LogP contribution in [0, 0.1) is 0 Å². The molecule has 2 aromatic rings. The average Bonchev–Trinajstić information content (AvgIpc) is 3.26. The van der Waals surface area contributed by atoms with Gasteiger partial charge in [-0.25, -0.2) is 9.59 Å². The molecule has 1 atom stereocenters. The molecule has 3 saturated heterocycles. The van der Waals surface area contributed by atoms with Gasteiger partial charge in [-0.2, -0.15) is 13.2 Å². The van der Waals surface area contributed by atoms with E-state index in [1.807, 2.05) is 29.2 Å². The minimum Gasteiger partial charge on any atom is -0.436 e. The van der Waals surface area contributed by atoms with Crippen LogP contribution in [0.2, 0.25) is 0 Å². The molecule has 6 rings (SSSR count). The molecule has 0 bridgehead atoms. The lowest BCUT2D eigenvalue weighted by molar-refractivity contribution is -0.142. The molecule has 4 amide bonds. The summed E-state index contributed by atoms with van der Waals surface area (Å²) in [6.45, 7) is 3.71. The number of ether oxygens (including phenoxy) is 1. The van der Waals surface area contributed by atoms with Crippen molar-refractivity contribution in [3.8, 4) is 0 Å². The van der Waals surface area contributed by atoms with Gasteiger partial charge in [-0.1, -0.05) is 36.4 Å². The molecule has 0 unspecified atom stereocenters. The number of rotatable bonds is 6. The van der Waals surface area contributed by atoms with Crippen molar-refractivity contribution >= 4 is 23.7 Å². The molecule has 3 fully saturated rings. The fourth-order valence-corrected chi connectivity index (χ4v) is 7.47. The van der Waals surface area contributed by atoms with Crippen molar-refractivity contribution in [2.45, 2.75) is 81.8 Å². The van der Waals surface area contributed by atoms with E-state index in [4.69, 9.17) is 4.74 Å². The SMILES string of the molecule is O=C(O[C@H](Cc1cccc(C(F)(F)F)c1)C(=O)N1CCC(N2CCC(O)CC2)CC1)N1CCC(N2CCc3ccccc3NC2=O)CC1. The Bertz CT molecular complexity index is 1450. The largest absolute Gasteiger partial charge is 0.436 e. The van der Waals surface area contributed by atoms with Gasteiger partial charge < -0.3 is 34.8 Å². The smallest absolute Gasteiger partial charge is 0.416 e. The number of piperidine rings is 3. The lowest BCUT2D eigenvalue weighted by atomic mass is 9.98. The summed E-state index contributed by atoms with van der Waals surface area (Å²) in [4.78, 5) is 47.7. The van der Waals surface area contributed by atoms with Crippen molar-refractivity contribution in [3.63, 3.8) is 0 Å². The van der Waals surface area contributed by atoms with Crippen LogP contribution < -0.4 is 5.32 Å². The van der Waals surface area contributed by atoms with Crippen LogP contribution >= 0.6 is 0 Å². The number of alkyl halides is 3. The molecule has 260 valence electrons. The van der Waals surface area contributed by atoms with Crippen molar-refractivity contribution < 1.29 is 37.4 Å². The zero-order valence-corrected chi connectivity index (χ0v) is 27.0. The van der Waals surface area contributed by atoms with Crippen LogP contribution in [0.4, 0.5) is 28.4 Å². The van der Waals surface area contributed by atoms with Crippen LogP contribution in [0.5, 0.6) is 0 Å². The van der Waals surface area contributed by atoms with Gasteiger partial charge in [0.2, 0.25) is 0 Å². The number of carbonyl (C=O) groups excluding carboxylic acids is 3. The third-order valence-electron chi connectivity index (χ3n) is 10.3. The Balaban J connectivity index is 1.09. The number of fused-ring (bicyclic) bond motifs is 1. The molecule has 4 heterocycles. The summed E-state index contributed by atoms with van der Waals surface area (Å²) in [5.41, 5.74) is 1.30. The van der Waals surface area contributed by atoms with E-state index in [1.165, 1.54) is 17.0 Å². The van der Waals surface area contributed by atoms with E-state index in [-0.39, 0.29) is 36.2 Å². The van der Waals surface area contributed by atoms with E-state index in [0.717, 1.165) is 68.6 Å². The molecular formula is C35H44F3N5O5. The number of hydrogen-bond donors (Lipinski definition) is 2. The summed E-state index contributed by atoms with van der Waals surface area (Å²) in [6.07, 6.45) is -2.26. The Labute approximate surface area is 278 Å². The molecule has 4 aliphatic rings. The van der Waals surface area contributed by atoms with Crippen LogP contribution in [0.1, 0.15) is 55.2 Å². The maximum absolute atomic E-state index is 13.9. The first-order valence-corrected chi connectivity index (χ1v) is 17.0. The van der Waals surface area contributed by atoms with E-state index in [0.29, 0.717) is 45.6 Å². The molecule has 0 saturated carbocycles. The summed E-state index contributed by atoms with van der Waals surface area (Å²) in [5, 5.41) is 12.9. The number of likely N-dealkylation sites (tertiary alicyclic amines) is 3. The molecule has 13 heteroatoms. The van der Waals surface area contributed by atoms with Gasteiger partial charge >= 0.3 is 18.3 Å². The summed E-state index contributed by atoms with van der Waals surface area (Å²) in [7, 11) is 0. The van der Waals surface area contributed by atoms with E-state index in [2.05, 4.69) is 10.2 Å².